The molecule has 8 heteroatoms. The molecule has 28 heavy (non-hydrogen) atoms. The van der Waals surface area contributed by atoms with Gasteiger partial charge >= 0.3 is 0 Å². The molecule has 0 amide bonds. The fourth-order valence-corrected chi connectivity index (χ4v) is 3.90. The number of thioether (sulfide) groups is 1. The minimum Gasteiger partial charge on any atom is -0.338 e. The minimum atomic E-state index is -0.192. The molecule has 3 heterocycles. The van der Waals surface area contributed by atoms with Crippen molar-refractivity contribution in [2.45, 2.75) is 24.8 Å². The van der Waals surface area contributed by atoms with Crippen molar-refractivity contribution in [2.24, 2.45) is 0 Å². The molecule has 0 unspecified atom stereocenters. The smallest absolute Gasteiger partial charge is 0.271 e. The largest absolute Gasteiger partial charge is 0.338 e. The van der Waals surface area contributed by atoms with Gasteiger partial charge in [0.1, 0.15) is 11.2 Å². The Kier molecular flexibility index (Phi) is 3.87. The molecule has 5 rings (SSSR count). The molecule has 0 aliphatic carbocycles. The maximum atomic E-state index is 12.4. The van der Waals surface area contributed by atoms with E-state index in [4.69, 9.17) is 0 Å². The Balaban J connectivity index is 1.47. The number of hydrogen-bond acceptors (Lipinski definition) is 6. The van der Waals surface area contributed by atoms with Gasteiger partial charge in [0.25, 0.3) is 5.56 Å². The Bertz CT molecular complexity index is 1420. The lowest BCUT2D eigenvalue weighted by atomic mass is 10.1. The number of hydrogen-bond donors (Lipinski definition) is 2. The van der Waals surface area contributed by atoms with E-state index in [1.165, 1.54) is 11.8 Å². The summed E-state index contributed by atoms with van der Waals surface area (Å²) in [7, 11) is 0. The van der Waals surface area contributed by atoms with Gasteiger partial charge in [-0.25, -0.2) is 9.97 Å². The van der Waals surface area contributed by atoms with E-state index in [1.807, 2.05) is 50.2 Å². The zero-order valence-electron chi connectivity index (χ0n) is 15.3. The van der Waals surface area contributed by atoms with Gasteiger partial charge in [-0.3, -0.25) is 4.79 Å². The molecule has 0 atom stereocenters. The number of benzene rings is 2. The Morgan fingerprint density at radius 3 is 2.68 bits per heavy atom. The first-order chi connectivity index (χ1) is 13.6. The van der Waals surface area contributed by atoms with Crippen molar-refractivity contribution in [2.75, 3.05) is 0 Å². The fraction of sp³-hybridized carbons (Fsp3) is 0.150. The molecule has 7 nitrogen and oxygen atoms in total. The molecule has 0 aliphatic heterocycles. The second-order valence-electron chi connectivity index (χ2n) is 6.72. The molecule has 2 N–H and O–H groups in total. The molecule has 2 aromatic carbocycles. The number of aromatic amines is 2. The number of para-hydroxylation sites is 1. The summed E-state index contributed by atoms with van der Waals surface area (Å²) in [5.41, 5.74) is 6.45. The number of nitrogens with one attached hydrogen (secondary N) is 2. The highest BCUT2D eigenvalue weighted by Gasteiger charge is 2.11. The van der Waals surface area contributed by atoms with E-state index in [0.29, 0.717) is 22.3 Å². The van der Waals surface area contributed by atoms with Gasteiger partial charge in [-0.1, -0.05) is 30.0 Å². The fourth-order valence-electron chi connectivity index (χ4n) is 3.18. The quantitative estimate of drug-likeness (QED) is 0.458. The van der Waals surface area contributed by atoms with Gasteiger partial charge in [0.2, 0.25) is 5.16 Å². The first kappa shape index (κ1) is 16.9. The van der Waals surface area contributed by atoms with Crippen LogP contribution >= 0.6 is 11.8 Å². The molecule has 0 fully saturated rings. The summed E-state index contributed by atoms with van der Waals surface area (Å²) in [6, 6.07) is 11.8. The number of nitrogens with zero attached hydrogens (tertiary/aromatic N) is 4. The van der Waals surface area contributed by atoms with Crippen molar-refractivity contribution in [3.8, 4) is 0 Å². The molecular formula is C20H16N6OS. The summed E-state index contributed by atoms with van der Waals surface area (Å²) in [5.74, 6) is 0.367. The first-order valence-corrected chi connectivity index (χ1v) is 9.81. The van der Waals surface area contributed by atoms with Crippen molar-refractivity contribution in [3.05, 3.63) is 63.6 Å². The molecule has 5 aromatic rings. The van der Waals surface area contributed by atoms with Gasteiger partial charge in [-0.05, 0) is 43.2 Å². The van der Waals surface area contributed by atoms with E-state index < -0.39 is 0 Å². The molecule has 0 radical (unpaired) electrons. The van der Waals surface area contributed by atoms with Crippen LogP contribution in [0.25, 0.3) is 33.1 Å². The van der Waals surface area contributed by atoms with Crippen LogP contribution in [0, 0.1) is 13.8 Å². The predicted octanol–water partition coefficient (Wildman–Crippen LogP) is 3.65. The number of fused-ring (bicyclic) bond motifs is 4. The summed E-state index contributed by atoms with van der Waals surface area (Å²) in [5, 5.41) is 10.0. The lowest BCUT2D eigenvalue weighted by Gasteiger charge is -2.05. The van der Waals surface area contributed by atoms with E-state index in [0.717, 1.165) is 38.6 Å². The average molecular weight is 388 g/mol. The number of aryl methyl sites for hydroxylation is 2. The highest BCUT2D eigenvalue weighted by atomic mass is 32.2. The summed E-state index contributed by atoms with van der Waals surface area (Å²) < 4.78 is 0. The van der Waals surface area contributed by atoms with Crippen LogP contribution in [0.1, 0.15) is 16.8 Å². The molecule has 138 valence electrons. The number of H-pyrrole nitrogens is 2. The van der Waals surface area contributed by atoms with Crippen LogP contribution in [-0.4, -0.2) is 30.1 Å². The van der Waals surface area contributed by atoms with Crippen molar-refractivity contribution < 1.29 is 0 Å². The highest BCUT2D eigenvalue weighted by molar-refractivity contribution is 7.98. The molecule has 3 aromatic heterocycles. The van der Waals surface area contributed by atoms with Crippen molar-refractivity contribution >= 4 is 44.9 Å². The lowest BCUT2D eigenvalue weighted by Crippen LogP contribution is -2.14. The Morgan fingerprint density at radius 2 is 1.79 bits per heavy atom. The summed E-state index contributed by atoms with van der Waals surface area (Å²) in [6.07, 6.45) is 0. The third kappa shape index (κ3) is 2.82. The molecular weight excluding hydrogens is 372 g/mol. The van der Waals surface area contributed by atoms with Crippen LogP contribution in [0.3, 0.4) is 0 Å². The van der Waals surface area contributed by atoms with E-state index in [-0.39, 0.29) is 5.56 Å². The SMILES string of the molecule is Cc1cc2nc(CSc3nnc4c(n3)[nH]c3ccccc34)c(=O)[nH]c2cc1C. The van der Waals surface area contributed by atoms with Gasteiger partial charge in [0.05, 0.1) is 11.0 Å². The first-order valence-electron chi connectivity index (χ1n) is 8.82. The molecule has 0 bridgehead atoms. The van der Waals surface area contributed by atoms with Crippen LogP contribution in [0.15, 0.2) is 46.3 Å². The second kappa shape index (κ2) is 6.42. The maximum Gasteiger partial charge on any atom is 0.271 e. The van der Waals surface area contributed by atoms with Gasteiger partial charge in [-0.2, -0.15) is 0 Å². The molecule has 0 aliphatic rings. The van der Waals surface area contributed by atoms with Crippen LogP contribution in [0.4, 0.5) is 0 Å². The molecule has 0 saturated carbocycles. The normalized spacial score (nSPS) is 11.6. The highest BCUT2D eigenvalue weighted by Crippen LogP contribution is 2.24. The van der Waals surface area contributed by atoms with Crippen molar-refractivity contribution in [1.82, 2.24) is 30.1 Å². The van der Waals surface area contributed by atoms with Crippen LogP contribution in [0.5, 0.6) is 0 Å². The maximum absolute atomic E-state index is 12.4. The minimum absolute atomic E-state index is 0.192. The van der Waals surface area contributed by atoms with Crippen LogP contribution in [-0.2, 0) is 5.75 Å². The van der Waals surface area contributed by atoms with E-state index in [9.17, 15) is 4.79 Å². The van der Waals surface area contributed by atoms with Gasteiger partial charge < -0.3 is 9.97 Å². The average Bonchev–Trinajstić information content (AvgIpc) is 3.05. The second-order valence-corrected chi connectivity index (χ2v) is 7.66. The summed E-state index contributed by atoms with van der Waals surface area (Å²) in [4.78, 5) is 27.6. The van der Waals surface area contributed by atoms with Gasteiger partial charge in [0, 0.05) is 16.7 Å². The Hall–Kier alpha value is -3.26. The Morgan fingerprint density at radius 1 is 0.964 bits per heavy atom. The topological polar surface area (TPSA) is 100 Å². The predicted molar refractivity (Wildman–Crippen MR) is 111 cm³/mol. The van der Waals surface area contributed by atoms with E-state index >= 15 is 0 Å². The van der Waals surface area contributed by atoms with Gasteiger partial charge in [-0.15, -0.1) is 10.2 Å². The molecule has 0 saturated heterocycles. The zero-order valence-corrected chi connectivity index (χ0v) is 16.1. The van der Waals surface area contributed by atoms with E-state index in [1.54, 1.807) is 0 Å². The van der Waals surface area contributed by atoms with Crippen molar-refractivity contribution in [1.29, 1.82) is 0 Å². The zero-order chi connectivity index (χ0) is 19.3. The number of aromatic nitrogens is 6. The molecule has 0 spiro atoms. The lowest BCUT2D eigenvalue weighted by molar-refractivity contribution is 0.877. The van der Waals surface area contributed by atoms with Crippen LogP contribution in [0.2, 0.25) is 0 Å². The van der Waals surface area contributed by atoms with Crippen molar-refractivity contribution in [3.63, 3.8) is 0 Å². The monoisotopic (exact) mass is 388 g/mol. The van der Waals surface area contributed by atoms with Crippen LogP contribution < -0.4 is 5.56 Å². The Labute approximate surface area is 163 Å². The third-order valence-corrected chi connectivity index (χ3v) is 5.67. The standard InChI is InChI=1S/C20H16N6OS/c1-10-7-14-15(8-11(10)2)23-19(27)16(21-14)9-28-20-24-18-17(25-26-20)12-5-3-4-6-13(12)22-18/h3-8H,9H2,1-2H3,(H,23,27)(H,22,24,26). The third-order valence-electron chi connectivity index (χ3n) is 4.82. The summed E-state index contributed by atoms with van der Waals surface area (Å²) in [6.45, 7) is 4.05. The van der Waals surface area contributed by atoms with E-state index in [2.05, 4.69) is 30.1 Å². The number of rotatable bonds is 3. The summed E-state index contributed by atoms with van der Waals surface area (Å²) >= 11 is 1.34. The van der Waals surface area contributed by atoms with Gasteiger partial charge in [0.15, 0.2) is 5.65 Å².